The van der Waals surface area contributed by atoms with Crippen LogP contribution in [0, 0.1) is 0 Å². The number of ether oxygens (including phenoxy) is 1. The Hall–Kier alpha value is 0.270. The summed E-state index contributed by atoms with van der Waals surface area (Å²) >= 11 is 2.04. The standard InChI is InChI=1S/C10H21NOS/c11-6-2-1-3-8-13-9-10-5-4-7-12-10/h10H,1-9,11H2. The summed E-state index contributed by atoms with van der Waals surface area (Å²) < 4.78 is 5.54. The molecule has 2 N–H and O–H groups in total. The van der Waals surface area contributed by atoms with Crippen LogP contribution >= 0.6 is 11.8 Å². The molecular weight excluding hydrogens is 182 g/mol. The Morgan fingerprint density at radius 2 is 2.23 bits per heavy atom. The molecule has 3 heteroatoms. The molecule has 0 spiro atoms. The summed E-state index contributed by atoms with van der Waals surface area (Å²) in [4.78, 5) is 0. The number of rotatable bonds is 7. The summed E-state index contributed by atoms with van der Waals surface area (Å²) in [6.45, 7) is 1.83. The molecule has 78 valence electrons. The number of hydrogen-bond acceptors (Lipinski definition) is 3. The van der Waals surface area contributed by atoms with E-state index in [2.05, 4.69) is 0 Å². The van der Waals surface area contributed by atoms with Crippen molar-refractivity contribution in [2.45, 2.75) is 38.2 Å². The van der Waals surface area contributed by atoms with Gasteiger partial charge in [0.1, 0.15) is 0 Å². The van der Waals surface area contributed by atoms with Gasteiger partial charge in [0.2, 0.25) is 0 Å². The van der Waals surface area contributed by atoms with E-state index in [1.54, 1.807) is 0 Å². The minimum absolute atomic E-state index is 0.555. The first-order valence-electron chi connectivity index (χ1n) is 5.33. The first-order valence-corrected chi connectivity index (χ1v) is 6.48. The van der Waals surface area contributed by atoms with Crippen LogP contribution in [-0.2, 0) is 4.74 Å². The Bertz CT molecular complexity index is 115. The van der Waals surface area contributed by atoms with Gasteiger partial charge < -0.3 is 10.5 Å². The molecule has 1 atom stereocenters. The molecule has 0 aromatic carbocycles. The zero-order valence-electron chi connectivity index (χ0n) is 8.34. The first-order chi connectivity index (χ1) is 6.43. The molecule has 1 aliphatic rings. The van der Waals surface area contributed by atoms with Crippen molar-refractivity contribution < 1.29 is 4.74 Å². The molecule has 13 heavy (non-hydrogen) atoms. The lowest BCUT2D eigenvalue weighted by Crippen LogP contribution is -2.08. The summed E-state index contributed by atoms with van der Waals surface area (Å²) in [6, 6.07) is 0. The second kappa shape index (κ2) is 7.65. The molecular formula is C10H21NOS. The highest BCUT2D eigenvalue weighted by Gasteiger charge is 2.14. The highest BCUT2D eigenvalue weighted by Crippen LogP contribution is 2.17. The number of hydrogen-bond donors (Lipinski definition) is 1. The van der Waals surface area contributed by atoms with Gasteiger partial charge in [0, 0.05) is 12.4 Å². The van der Waals surface area contributed by atoms with E-state index in [4.69, 9.17) is 10.5 Å². The lowest BCUT2D eigenvalue weighted by Gasteiger charge is -2.07. The van der Waals surface area contributed by atoms with Crippen LogP contribution in [0.1, 0.15) is 32.1 Å². The van der Waals surface area contributed by atoms with Crippen molar-refractivity contribution in [3.8, 4) is 0 Å². The van der Waals surface area contributed by atoms with Crippen molar-refractivity contribution >= 4 is 11.8 Å². The zero-order valence-corrected chi connectivity index (χ0v) is 9.15. The maximum absolute atomic E-state index is 5.54. The van der Waals surface area contributed by atoms with E-state index in [0.717, 1.165) is 13.2 Å². The molecule has 0 aromatic heterocycles. The Morgan fingerprint density at radius 1 is 1.31 bits per heavy atom. The average Bonchev–Trinajstić information content (AvgIpc) is 2.63. The highest BCUT2D eigenvalue weighted by atomic mass is 32.2. The van der Waals surface area contributed by atoms with Crippen molar-refractivity contribution in [2.75, 3.05) is 24.7 Å². The van der Waals surface area contributed by atoms with Crippen LogP contribution in [0.25, 0.3) is 0 Å². The molecule has 0 saturated carbocycles. The summed E-state index contributed by atoms with van der Waals surface area (Å²) in [5, 5.41) is 0. The predicted molar refractivity (Wildman–Crippen MR) is 59.2 cm³/mol. The smallest absolute Gasteiger partial charge is 0.0666 e. The Kier molecular flexibility index (Phi) is 6.68. The Balaban J connectivity index is 1.78. The zero-order chi connectivity index (χ0) is 9.36. The second-order valence-corrected chi connectivity index (χ2v) is 4.71. The third kappa shape index (κ3) is 5.55. The fraction of sp³-hybridized carbons (Fsp3) is 1.00. The van der Waals surface area contributed by atoms with Crippen LogP contribution in [0.2, 0.25) is 0 Å². The average molecular weight is 203 g/mol. The van der Waals surface area contributed by atoms with Crippen LogP contribution in [0.5, 0.6) is 0 Å². The predicted octanol–water partition coefficient (Wildman–Crippen LogP) is 2.03. The van der Waals surface area contributed by atoms with Crippen molar-refractivity contribution in [1.29, 1.82) is 0 Å². The number of unbranched alkanes of at least 4 members (excludes halogenated alkanes) is 2. The summed E-state index contributed by atoms with van der Waals surface area (Å²) in [5.74, 6) is 2.47. The van der Waals surface area contributed by atoms with Crippen molar-refractivity contribution in [3.63, 3.8) is 0 Å². The molecule has 0 bridgehead atoms. The monoisotopic (exact) mass is 203 g/mol. The maximum Gasteiger partial charge on any atom is 0.0666 e. The van der Waals surface area contributed by atoms with Gasteiger partial charge in [-0.15, -0.1) is 0 Å². The third-order valence-corrected chi connectivity index (χ3v) is 3.51. The van der Waals surface area contributed by atoms with E-state index in [1.807, 2.05) is 11.8 Å². The molecule has 1 heterocycles. The SMILES string of the molecule is NCCCCCSCC1CCCO1. The Morgan fingerprint density at radius 3 is 2.92 bits per heavy atom. The van der Waals surface area contributed by atoms with Gasteiger partial charge in [0.15, 0.2) is 0 Å². The van der Waals surface area contributed by atoms with Gasteiger partial charge in [0.25, 0.3) is 0 Å². The van der Waals surface area contributed by atoms with Gasteiger partial charge >= 0.3 is 0 Å². The van der Waals surface area contributed by atoms with Crippen LogP contribution in [0.4, 0.5) is 0 Å². The normalized spacial score (nSPS) is 22.4. The number of thioether (sulfide) groups is 1. The van der Waals surface area contributed by atoms with Gasteiger partial charge in [0.05, 0.1) is 6.10 Å². The van der Waals surface area contributed by atoms with Crippen molar-refractivity contribution in [2.24, 2.45) is 5.73 Å². The summed E-state index contributed by atoms with van der Waals surface area (Å²) in [5.41, 5.74) is 5.42. The maximum atomic E-state index is 5.54. The molecule has 1 rings (SSSR count). The summed E-state index contributed by atoms with van der Waals surface area (Å²) in [6.07, 6.45) is 6.87. The van der Waals surface area contributed by atoms with E-state index in [-0.39, 0.29) is 0 Å². The van der Waals surface area contributed by atoms with E-state index in [9.17, 15) is 0 Å². The van der Waals surface area contributed by atoms with Crippen molar-refractivity contribution in [3.05, 3.63) is 0 Å². The van der Waals surface area contributed by atoms with E-state index in [1.165, 1.54) is 43.6 Å². The molecule has 1 saturated heterocycles. The summed E-state index contributed by atoms with van der Waals surface area (Å²) in [7, 11) is 0. The quantitative estimate of drug-likeness (QED) is 0.643. The molecule has 0 amide bonds. The lowest BCUT2D eigenvalue weighted by atomic mass is 10.2. The van der Waals surface area contributed by atoms with Gasteiger partial charge in [-0.3, -0.25) is 0 Å². The fourth-order valence-electron chi connectivity index (χ4n) is 1.52. The van der Waals surface area contributed by atoms with Gasteiger partial charge in [-0.05, 0) is 38.0 Å². The van der Waals surface area contributed by atoms with Crippen LogP contribution in [0.3, 0.4) is 0 Å². The van der Waals surface area contributed by atoms with Crippen molar-refractivity contribution in [1.82, 2.24) is 0 Å². The molecule has 1 unspecified atom stereocenters. The van der Waals surface area contributed by atoms with Gasteiger partial charge in [-0.25, -0.2) is 0 Å². The molecule has 2 nitrogen and oxygen atoms in total. The minimum atomic E-state index is 0.555. The van der Waals surface area contributed by atoms with Crippen LogP contribution < -0.4 is 5.73 Å². The highest BCUT2D eigenvalue weighted by molar-refractivity contribution is 7.99. The third-order valence-electron chi connectivity index (χ3n) is 2.32. The molecule has 0 aliphatic carbocycles. The molecule has 0 aromatic rings. The van der Waals surface area contributed by atoms with Crippen LogP contribution in [-0.4, -0.2) is 30.8 Å². The Labute approximate surface area is 85.6 Å². The number of nitrogens with two attached hydrogens (primary N) is 1. The van der Waals surface area contributed by atoms with Gasteiger partial charge in [-0.1, -0.05) is 6.42 Å². The van der Waals surface area contributed by atoms with Crippen LogP contribution in [0.15, 0.2) is 0 Å². The van der Waals surface area contributed by atoms with E-state index in [0.29, 0.717) is 6.10 Å². The first kappa shape index (κ1) is 11.3. The topological polar surface area (TPSA) is 35.2 Å². The molecule has 1 aliphatic heterocycles. The lowest BCUT2D eigenvalue weighted by molar-refractivity contribution is 0.129. The van der Waals surface area contributed by atoms with E-state index >= 15 is 0 Å². The largest absolute Gasteiger partial charge is 0.377 e. The van der Waals surface area contributed by atoms with E-state index < -0.39 is 0 Å². The molecule has 0 radical (unpaired) electrons. The van der Waals surface area contributed by atoms with Gasteiger partial charge in [-0.2, -0.15) is 11.8 Å². The fourth-order valence-corrected chi connectivity index (χ4v) is 2.62. The molecule has 1 fully saturated rings. The second-order valence-electron chi connectivity index (χ2n) is 3.56. The minimum Gasteiger partial charge on any atom is -0.377 e.